The average Bonchev–Trinajstić information content (AvgIpc) is 2.99. The van der Waals surface area contributed by atoms with Crippen LogP contribution in [0.25, 0.3) is 0 Å². The van der Waals surface area contributed by atoms with Crippen LogP contribution in [0.2, 0.25) is 0 Å². The molecule has 0 bridgehead atoms. The van der Waals surface area contributed by atoms with E-state index in [0.29, 0.717) is 10.8 Å². The number of hydrogen-bond acceptors (Lipinski definition) is 1. The monoisotopic (exact) mass is 386 g/mol. The molecule has 0 radical (unpaired) electrons. The Morgan fingerprint density at radius 1 is 1.00 bits per heavy atom. The van der Waals surface area contributed by atoms with Gasteiger partial charge < -0.3 is 5.11 Å². The van der Waals surface area contributed by atoms with Crippen molar-refractivity contribution < 1.29 is 5.11 Å². The van der Waals surface area contributed by atoms with E-state index in [-0.39, 0.29) is 6.10 Å². The summed E-state index contributed by atoms with van der Waals surface area (Å²) in [6.07, 6.45) is 17.2. The van der Waals surface area contributed by atoms with Crippen LogP contribution in [0.5, 0.6) is 0 Å². The van der Waals surface area contributed by atoms with Crippen LogP contribution in [0.15, 0.2) is 11.6 Å². The lowest BCUT2D eigenvalue weighted by Crippen LogP contribution is -2.50. The molecule has 1 nitrogen and oxygen atoms in total. The lowest BCUT2D eigenvalue weighted by Gasteiger charge is -2.58. The Bertz CT molecular complexity index is 591. The van der Waals surface area contributed by atoms with Gasteiger partial charge in [0.05, 0.1) is 6.10 Å². The molecular weight excluding hydrogens is 340 g/mol. The Hall–Kier alpha value is -0.300. The van der Waals surface area contributed by atoms with E-state index in [2.05, 4.69) is 40.7 Å². The standard InChI is InChI=1S/C27H46O/c1-18(2)7-6-8-19(3)23-11-12-24-22-10-9-20-17-21(28)13-15-26(20,4)25(22)14-16-27(23,24)5/h9,18-19,21-25,28H,6-8,10-17H2,1-5H3/t19-,21+,22?,23?,24+,25+,26?,27?/m1/s1. The second kappa shape index (κ2) is 7.75. The zero-order chi connectivity index (χ0) is 20.1. The van der Waals surface area contributed by atoms with Gasteiger partial charge in [-0.3, -0.25) is 0 Å². The number of rotatable bonds is 5. The number of allylic oxidation sites excluding steroid dienone is 1. The van der Waals surface area contributed by atoms with Crippen molar-refractivity contribution in [3.63, 3.8) is 0 Å². The number of fused-ring (bicyclic) bond motifs is 5. The van der Waals surface area contributed by atoms with Crippen molar-refractivity contribution in [2.75, 3.05) is 0 Å². The molecule has 1 heteroatoms. The van der Waals surface area contributed by atoms with Crippen LogP contribution in [0, 0.1) is 46.3 Å². The maximum Gasteiger partial charge on any atom is 0.0577 e. The Morgan fingerprint density at radius 3 is 2.54 bits per heavy atom. The van der Waals surface area contributed by atoms with Gasteiger partial charge in [0.1, 0.15) is 0 Å². The highest BCUT2D eigenvalue weighted by molar-refractivity contribution is 5.25. The van der Waals surface area contributed by atoms with Crippen LogP contribution in [0.1, 0.15) is 105 Å². The van der Waals surface area contributed by atoms with Crippen LogP contribution in [0.4, 0.5) is 0 Å². The third-order valence-electron chi connectivity index (χ3n) is 10.3. The smallest absolute Gasteiger partial charge is 0.0577 e. The minimum absolute atomic E-state index is 0.0766. The zero-order valence-corrected chi connectivity index (χ0v) is 19.3. The van der Waals surface area contributed by atoms with E-state index in [9.17, 15) is 5.11 Å². The summed E-state index contributed by atoms with van der Waals surface area (Å²) in [7, 11) is 0. The summed E-state index contributed by atoms with van der Waals surface area (Å²) < 4.78 is 0. The fourth-order valence-electron chi connectivity index (χ4n) is 8.67. The Kier molecular flexibility index (Phi) is 5.80. The average molecular weight is 387 g/mol. The molecule has 0 spiro atoms. The van der Waals surface area contributed by atoms with Gasteiger partial charge in [-0.1, -0.05) is 65.5 Å². The largest absolute Gasteiger partial charge is 0.393 e. The molecule has 4 rings (SSSR count). The maximum absolute atomic E-state index is 10.2. The van der Waals surface area contributed by atoms with Crippen molar-refractivity contribution >= 4 is 0 Å². The highest BCUT2D eigenvalue weighted by atomic mass is 16.3. The van der Waals surface area contributed by atoms with Gasteiger partial charge in [0.2, 0.25) is 0 Å². The molecule has 0 aromatic heterocycles. The molecule has 28 heavy (non-hydrogen) atoms. The topological polar surface area (TPSA) is 20.2 Å². The van der Waals surface area contributed by atoms with Gasteiger partial charge in [0.25, 0.3) is 0 Å². The normalized spacial score (nSPS) is 46.5. The van der Waals surface area contributed by atoms with Gasteiger partial charge in [0, 0.05) is 0 Å². The predicted molar refractivity (Wildman–Crippen MR) is 119 cm³/mol. The van der Waals surface area contributed by atoms with Gasteiger partial charge in [-0.15, -0.1) is 0 Å². The van der Waals surface area contributed by atoms with Gasteiger partial charge in [-0.2, -0.15) is 0 Å². The Balaban J connectivity index is 1.49. The van der Waals surface area contributed by atoms with Crippen LogP contribution < -0.4 is 0 Å². The molecule has 4 aliphatic carbocycles. The van der Waals surface area contributed by atoms with Gasteiger partial charge in [0.15, 0.2) is 0 Å². The summed E-state index contributed by atoms with van der Waals surface area (Å²) in [4.78, 5) is 0. The molecule has 0 heterocycles. The minimum Gasteiger partial charge on any atom is -0.393 e. The summed E-state index contributed by atoms with van der Waals surface area (Å²) >= 11 is 0. The number of aliphatic hydroxyl groups is 1. The summed E-state index contributed by atoms with van der Waals surface area (Å²) in [5, 5.41) is 10.2. The van der Waals surface area contributed by atoms with Crippen molar-refractivity contribution in [3.8, 4) is 0 Å². The van der Waals surface area contributed by atoms with Crippen LogP contribution in [-0.4, -0.2) is 11.2 Å². The molecule has 160 valence electrons. The minimum atomic E-state index is -0.0766. The summed E-state index contributed by atoms with van der Waals surface area (Å²) in [5.74, 6) is 5.46. The molecule has 0 saturated heterocycles. The van der Waals surface area contributed by atoms with Crippen molar-refractivity contribution in [3.05, 3.63) is 11.6 Å². The second-order valence-corrected chi connectivity index (χ2v) is 12.2. The van der Waals surface area contributed by atoms with Crippen LogP contribution >= 0.6 is 0 Å². The first-order valence-electron chi connectivity index (χ1n) is 12.6. The molecule has 0 amide bonds. The van der Waals surface area contributed by atoms with Gasteiger partial charge in [-0.25, -0.2) is 0 Å². The predicted octanol–water partition coefficient (Wildman–Crippen LogP) is 7.39. The molecule has 4 unspecified atom stereocenters. The number of aliphatic hydroxyl groups excluding tert-OH is 1. The highest BCUT2D eigenvalue weighted by Crippen LogP contribution is 2.67. The molecule has 8 atom stereocenters. The first-order chi connectivity index (χ1) is 13.3. The molecule has 0 aromatic rings. The Labute approximate surface area is 174 Å². The number of hydrogen-bond donors (Lipinski definition) is 1. The quantitative estimate of drug-likeness (QED) is 0.488. The van der Waals surface area contributed by atoms with E-state index in [0.717, 1.165) is 48.3 Å². The first kappa shape index (κ1) is 21.0. The van der Waals surface area contributed by atoms with E-state index in [1.807, 2.05) is 0 Å². The molecule has 1 N–H and O–H groups in total. The lowest BCUT2D eigenvalue weighted by molar-refractivity contribution is -0.0573. The van der Waals surface area contributed by atoms with Crippen molar-refractivity contribution in [1.82, 2.24) is 0 Å². The van der Waals surface area contributed by atoms with Crippen molar-refractivity contribution in [1.29, 1.82) is 0 Å². The molecule has 0 aromatic carbocycles. The third-order valence-corrected chi connectivity index (χ3v) is 10.3. The summed E-state index contributed by atoms with van der Waals surface area (Å²) in [5.41, 5.74) is 2.60. The van der Waals surface area contributed by atoms with Crippen LogP contribution in [-0.2, 0) is 0 Å². The van der Waals surface area contributed by atoms with Gasteiger partial charge in [-0.05, 0) is 97.7 Å². The van der Waals surface area contributed by atoms with E-state index in [1.165, 1.54) is 57.8 Å². The third kappa shape index (κ3) is 3.42. The molecule has 4 aliphatic rings. The molecule has 3 saturated carbocycles. The first-order valence-corrected chi connectivity index (χ1v) is 12.6. The lowest BCUT2D eigenvalue weighted by atomic mass is 9.47. The van der Waals surface area contributed by atoms with E-state index in [4.69, 9.17) is 0 Å². The van der Waals surface area contributed by atoms with Crippen molar-refractivity contribution in [2.24, 2.45) is 46.3 Å². The molecule has 0 aliphatic heterocycles. The fraction of sp³-hybridized carbons (Fsp3) is 0.926. The Morgan fingerprint density at radius 2 is 1.79 bits per heavy atom. The zero-order valence-electron chi connectivity index (χ0n) is 19.3. The maximum atomic E-state index is 10.2. The van der Waals surface area contributed by atoms with E-state index < -0.39 is 0 Å². The van der Waals surface area contributed by atoms with E-state index >= 15 is 0 Å². The molecule has 3 fully saturated rings. The van der Waals surface area contributed by atoms with Crippen LogP contribution in [0.3, 0.4) is 0 Å². The SMILES string of the molecule is CC(C)CCC[C@@H](C)C1CC[C@H]2C3CC=C4C[C@@H](O)CCC4(C)[C@H]3CCC12C. The summed E-state index contributed by atoms with van der Waals surface area (Å²) in [6.45, 7) is 12.6. The fourth-order valence-corrected chi connectivity index (χ4v) is 8.67. The highest BCUT2D eigenvalue weighted by Gasteiger charge is 2.59. The van der Waals surface area contributed by atoms with Gasteiger partial charge >= 0.3 is 0 Å². The van der Waals surface area contributed by atoms with E-state index in [1.54, 1.807) is 5.57 Å². The second-order valence-electron chi connectivity index (χ2n) is 12.2. The van der Waals surface area contributed by atoms with Crippen molar-refractivity contribution in [2.45, 2.75) is 111 Å². The molecular formula is C27H46O. The summed E-state index contributed by atoms with van der Waals surface area (Å²) in [6, 6.07) is 0.